The first-order valence-corrected chi connectivity index (χ1v) is 4.87. The summed E-state index contributed by atoms with van der Waals surface area (Å²) in [7, 11) is 0. The van der Waals surface area contributed by atoms with Crippen LogP contribution in [0.15, 0.2) is 12.1 Å². The van der Waals surface area contributed by atoms with Crippen LogP contribution in [-0.4, -0.2) is 33.9 Å². The predicted molar refractivity (Wildman–Crippen MR) is 53.6 cm³/mol. The summed E-state index contributed by atoms with van der Waals surface area (Å²) in [5, 5.41) is 29.9. The highest BCUT2D eigenvalue weighted by Crippen LogP contribution is 2.44. The van der Waals surface area contributed by atoms with E-state index in [9.17, 15) is 23.8 Å². The van der Waals surface area contributed by atoms with Gasteiger partial charge in [0.15, 0.2) is 6.61 Å². The summed E-state index contributed by atoms with van der Waals surface area (Å²) in [4.78, 5) is 10.9. The van der Waals surface area contributed by atoms with Crippen LogP contribution >= 0.6 is 0 Å². The van der Waals surface area contributed by atoms with Crippen molar-refractivity contribution in [3.8, 4) is 17.2 Å². The summed E-state index contributed by atoms with van der Waals surface area (Å²) in [6.45, 7) is -1.16. The maximum Gasteiger partial charge on any atom is 0.408 e. The minimum atomic E-state index is -3.50. The van der Waals surface area contributed by atoms with Gasteiger partial charge in [-0.05, 0) is 0 Å². The Balaban J connectivity index is 2.49. The van der Waals surface area contributed by atoms with Crippen LogP contribution in [0.3, 0.4) is 0 Å². The van der Waals surface area contributed by atoms with E-state index in [2.05, 4.69) is 4.74 Å². The molecule has 1 aromatic carbocycles. The molecule has 0 radical (unpaired) electrons. The first-order chi connectivity index (χ1) is 8.31. The maximum absolute atomic E-state index is 13.6. The number of halogens is 2. The zero-order valence-corrected chi connectivity index (χ0v) is 8.85. The number of cyclic esters (lactones) is 1. The van der Waals surface area contributed by atoms with E-state index in [1.807, 2.05) is 5.32 Å². The number of hydrogen-bond acceptors (Lipinski definition) is 5. The smallest absolute Gasteiger partial charge is 0.408 e. The van der Waals surface area contributed by atoms with Crippen molar-refractivity contribution in [2.24, 2.45) is 0 Å². The van der Waals surface area contributed by atoms with E-state index in [1.165, 1.54) is 0 Å². The van der Waals surface area contributed by atoms with Crippen LogP contribution in [0, 0.1) is 0 Å². The number of phenolic OH excluding ortho intramolecular Hbond substituents is 3. The largest absolute Gasteiger partial charge is 0.508 e. The molecule has 8 heteroatoms. The highest BCUT2D eigenvalue weighted by atomic mass is 19.3. The van der Waals surface area contributed by atoms with Crippen LogP contribution in [0.25, 0.3) is 0 Å². The number of carbonyl (C=O) groups excluding carboxylic acids is 1. The number of hydrogen-bond donors (Lipinski definition) is 4. The number of alkyl carbamates (subject to hydrolysis) is 1. The zero-order chi connectivity index (χ0) is 13.5. The fraction of sp³-hybridized carbons (Fsp3) is 0.300. The molecule has 0 unspecified atom stereocenters. The summed E-state index contributed by atoms with van der Waals surface area (Å²) in [6, 6.07) is -0.362. The minimum Gasteiger partial charge on any atom is -0.508 e. The van der Waals surface area contributed by atoms with Gasteiger partial charge in [0.25, 0.3) is 0 Å². The van der Waals surface area contributed by atoms with Gasteiger partial charge in [0, 0.05) is 12.1 Å². The maximum atomic E-state index is 13.6. The van der Waals surface area contributed by atoms with Crippen LogP contribution in [0.2, 0.25) is 0 Å². The Morgan fingerprint density at radius 1 is 1.28 bits per heavy atom. The van der Waals surface area contributed by atoms with E-state index in [4.69, 9.17) is 5.11 Å². The van der Waals surface area contributed by atoms with Crippen molar-refractivity contribution in [3.05, 3.63) is 17.7 Å². The molecule has 1 aromatic rings. The third-order valence-electron chi connectivity index (χ3n) is 2.49. The van der Waals surface area contributed by atoms with Gasteiger partial charge < -0.3 is 25.4 Å². The normalized spacial score (nSPS) is 22.1. The van der Waals surface area contributed by atoms with E-state index in [1.54, 1.807) is 0 Å². The van der Waals surface area contributed by atoms with Crippen molar-refractivity contribution in [1.29, 1.82) is 0 Å². The lowest BCUT2D eigenvalue weighted by Gasteiger charge is -2.32. The summed E-state index contributed by atoms with van der Waals surface area (Å²) in [5.41, 5.74) is -0.575. The lowest BCUT2D eigenvalue weighted by molar-refractivity contribution is -0.105. The quantitative estimate of drug-likeness (QED) is 0.609. The van der Waals surface area contributed by atoms with E-state index in [-0.39, 0.29) is 0 Å². The highest BCUT2D eigenvalue weighted by Gasteiger charge is 2.49. The second-order valence-corrected chi connectivity index (χ2v) is 3.81. The van der Waals surface area contributed by atoms with Gasteiger partial charge >= 0.3 is 12.0 Å². The number of rotatable bonds is 1. The number of aromatic hydroxyl groups is 3. The Bertz CT molecular complexity index is 482. The third kappa shape index (κ3) is 1.96. The molecule has 1 saturated heterocycles. The molecule has 0 bridgehead atoms. The molecule has 0 aromatic heterocycles. The SMILES string of the molecule is O=C1N[C@@H](c2c(O)cc(O)cc2O)C(F)(F)CO1. The van der Waals surface area contributed by atoms with Gasteiger partial charge in [0.1, 0.15) is 23.3 Å². The summed E-state index contributed by atoms with van der Waals surface area (Å²) >= 11 is 0. The standard InChI is InChI=1S/C10H9F2NO5/c11-10(12)3-18-9(17)13-8(10)7-5(15)1-4(14)2-6(7)16/h1-2,8,14-16H,3H2,(H,13,17)/t8-/m0/s1. The Hall–Kier alpha value is -2.25. The van der Waals surface area contributed by atoms with Gasteiger partial charge in [-0.3, -0.25) is 0 Å². The van der Waals surface area contributed by atoms with E-state index in [0.717, 1.165) is 12.1 Å². The fourth-order valence-corrected chi connectivity index (χ4v) is 1.70. The molecule has 2 rings (SSSR count). The lowest BCUT2D eigenvalue weighted by atomic mass is 9.98. The monoisotopic (exact) mass is 261 g/mol. The number of phenols is 3. The van der Waals surface area contributed by atoms with E-state index >= 15 is 0 Å². The molecule has 0 aliphatic carbocycles. The average Bonchev–Trinajstić information content (AvgIpc) is 2.22. The van der Waals surface area contributed by atoms with Crippen LogP contribution in [0.4, 0.5) is 13.6 Å². The molecule has 0 spiro atoms. The number of benzene rings is 1. The van der Waals surface area contributed by atoms with Crippen LogP contribution in [0.1, 0.15) is 11.6 Å². The molecule has 1 fully saturated rings. The van der Waals surface area contributed by atoms with Crippen LogP contribution in [0.5, 0.6) is 17.2 Å². The third-order valence-corrected chi connectivity index (χ3v) is 2.49. The predicted octanol–water partition coefficient (Wildman–Crippen LogP) is 1.22. The van der Waals surface area contributed by atoms with Crippen LogP contribution < -0.4 is 5.32 Å². The Kier molecular flexibility index (Phi) is 2.64. The summed E-state index contributed by atoms with van der Waals surface area (Å²) < 4.78 is 31.3. The number of alkyl halides is 2. The molecule has 1 aliphatic heterocycles. The van der Waals surface area contributed by atoms with E-state index < -0.39 is 47.5 Å². The van der Waals surface area contributed by atoms with Crippen molar-refractivity contribution in [2.45, 2.75) is 12.0 Å². The van der Waals surface area contributed by atoms with Gasteiger partial charge in [-0.2, -0.15) is 0 Å². The first kappa shape index (κ1) is 12.2. The molecule has 1 atom stereocenters. The van der Waals surface area contributed by atoms with Crippen molar-refractivity contribution in [1.82, 2.24) is 5.32 Å². The summed E-state index contributed by atoms with van der Waals surface area (Å²) in [6.07, 6.45) is -1.09. The van der Waals surface area contributed by atoms with Crippen molar-refractivity contribution < 1.29 is 33.6 Å². The van der Waals surface area contributed by atoms with Gasteiger partial charge in [-0.1, -0.05) is 0 Å². The molecular weight excluding hydrogens is 252 g/mol. The summed E-state index contributed by atoms with van der Waals surface area (Å²) in [5.74, 6) is -5.49. The van der Waals surface area contributed by atoms with Crippen molar-refractivity contribution in [3.63, 3.8) is 0 Å². The Labute approximate surface area is 99.4 Å². The number of amides is 1. The average molecular weight is 261 g/mol. The molecule has 98 valence electrons. The molecule has 6 nitrogen and oxygen atoms in total. The van der Waals surface area contributed by atoms with Crippen LogP contribution in [-0.2, 0) is 4.74 Å². The molecule has 1 aliphatic rings. The highest BCUT2D eigenvalue weighted by molar-refractivity contribution is 5.70. The zero-order valence-electron chi connectivity index (χ0n) is 8.85. The second-order valence-electron chi connectivity index (χ2n) is 3.81. The van der Waals surface area contributed by atoms with Crippen molar-refractivity contribution >= 4 is 6.09 Å². The van der Waals surface area contributed by atoms with E-state index in [0.29, 0.717) is 0 Å². The topological polar surface area (TPSA) is 99.0 Å². The molecule has 1 heterocycles. The number of carbonyl (C=O) groups is 1. The Morgan fingerprint density at radius 3 is 2.39 bits per heavy atom. The Morgan fingerprint density at radius 2 is 1.83 bits per heavy atom. The van der Waals surface area contributed by atoms with Gasteiger partial charge in [-0.15, -0.1) is 0 Å². The van der Waals surface area contributed by atoms with Gasteiger partial charge in [0.05, 0.1) is 5.56 Å². The second kappa shape index (κ2) is 3.90. The lowest BCUT2D eigenvalue weighted by Crippen LogP contribution is -2.49. The molecule has 1 amide bonds. The van der Waals surface area contributed by atoms with Gasteiger partial charge in [0.2, 0.25) is 0 Å². The first-order valence-electron chi connectivity index (χ1n) is 4.87. The molecule has 0 saturated carbocycles. The van der Waals surface area contributed by atoms with Gasteiger partial charge in [-0.25, -0.2) is 13.6 Å². The number of nitrogens with one attached hydrogen (secondary N) is 1. The minimum absolute atomic E-state index is 0.490. The molecular formula is C10H9F2NO5. The fourth-order valence-electron chi connectivity index (χ4n) is 1.70. The molecule has 18 heavy (non-hydrogen) atoms. The van der Waals surface area contributed by atoms with Crippen molar-refractivity contribution in [2.75, 3.05) is 6.61 Å². The number of ether oxygens (including phenoxy) is 1. The molecule has 4 N–H and O–H groups in total.